The maximum atomic E-state index is 13.1. The molecule has 0 unspecified atom stereocenters. The minimum Gasteiger partial charge on any atom is -0.337 e. The van der Waals surface area contributed by atoms with E-state index in [1.165, 1.54) is 9.47 Å². The van der Waals surface area contributed by atoms with E-state index < -0.39 is 9.84 Å². The maximum Gasteiger partial charge on any atom is 0.293 e. The van der Waals surface area contributed by atoms with Crippen molar-refractivity contribution < 1.29 is 18.0 Å². The molecule has 4 aromatic rings. The summed E-state index contributed by atoms with van der Waals surface area (Å²) in [7, 11) is -1.45. The molecule has 0 radical (unpaired) electrons. The predicted molar refractivity (Wildman–Crippen MR) is 177 cm³/mol. The van der Waals surface area contributed by atoms with Gasteiger partial charge in [0.2, 0.25) is 0 Å². The van der Waals surface area contributed by atoms with E-state index in [0.29, 0.717) is 28.2 Å². The predicted octanol–water partition coefficient (Wildman–Crippen LogP) is 4.92. The van der Waals surface area contributed by atoms with E-state index in [1.807, 2.05) is 49.4 Å². The first-order valence-corrected chi connectivity index (χ1v) is 16.5. The number of aromatic nitrogens is 2. The highest BCUT2D eigenvalue weighted by Gasteiger charge is 2.25. The van der Waals surface area contributed by atoms with E-state index in [0.717, 1.165) is 16.7 Å². The number of aryl methyl sites for hydroxylation is 1. The number of sulfone groups is 1. The Balaban J connectivity index is 1.34. The van der Waals surface area contributed by atoms with Crippen molar-refractivity contribution in [2.45, 2.75) is 33.1 Å². The van der Waals surface area contributed by atoms with Gasteiger partial charge in [0.15, 0.2) is 15.7 Å². The topological polar surface area (TPSA) is 130 Å². The molecule has 11 heteroatoms. The van der Waals surface area contributed by atoms with E-state index in [-0.39, 0.29) is 53.2 Å². The number of hydrogen-bond donors (Lipinski definition) is 2. The normalized spacial score (nSPS) is 14.6. The summed E-state index contributed by atoms with van der Waals surface area (Å²) in [6, 6.07) is 19.7. The van der Waals surface area contributed by atoms with Crippen LogP contribution in [0.3, 0.4) is 0 Å². The van der Waals surface area contributed by atoms with Crippen LogP contribution in [0.25, 0.3) is 11.3 Å². The van der Waals surface area contributed by atoms with Crippen molar-refractivity contribution in [3.05, 3.63) is 106 Å². The molecule has 0 spiro atoms. The quantitative estimate of drug-likeness (QED) is 0.310. The molecule has 2 amide bonds. The van der Waals surface area contributed by atoms with Crippen LogP contribution in [0.15, 0.2) is 77.7 Å². The fourth-order valence-electron chi connectivity index (χ4n) is 5.11. The van der Waals surface area contributed by atoms with Crippen LogP contribution in [0.1, 0.15) is 52.6 Å². The molecule has 3 aromatic carbocycles. The molecule has 45 heavy (non-hydrogen) atoms. The number of carbonyl (C=O) groups excluding carboxylic acids is 2. The van der Waals surface area contributed by atoms with Gasteiger partial charge in [0.05, 0.1) is 17.2 Å². The first-order valence-electron chi connectivity index (χ1n) is 14.7. The van der Waals surface area contributed by atoms with Crippen molar-refractivity contribution in [3.8, 4) is 11.3 Å². The summed E-state index contributed by atoms with van der Waals surface area (Å²) in [6.07, 6.45) is 1.65. The van der Waals surface area contributed by atoms with E-state index in [9.17, 15) is 22.8 Å². The lowest BCUT2D eigenvalue weighted by Crippen LogP contribution is -2.43. The van der Waals surface area contributed by atoms with Gasteiger partial charge < -0.3 is 20.1 Å². The second kappa shape index (κ2) is 12.3. The molecule has 5 rings (SSSR count). The van der Waals surface area contributed by atoms with Crippen molar-refractivity contribution in [2.24, 2.45) is 7.05 Å². The summed E-state index contributed by atoms with van der Waals surface area (Å²) in [4.78, 5) is 45.1. The molecule has 1 aliphatic rings. The maximum absolute atomic E-state index is 13.1. The average Bonchev–Trinajstić information content (AvgIpc) is 3.00. The van der Waals surface area contributed by atoms with Crippen molar-refractivity contribution in [3.63, 3.8) is 0 Å². The van der Waals surface area contributed by atoms with Gasteiger partial charge >= 0.3 is 0 Å². The molecule has 2 heterocycles. The number of carbonyl (C=O) groups is 2. The lowest BCUT2D eigenvalue weighted by Gasteiger charge is -2.26. The van der Waals surface area contributed by atoms with E-state index in [2.05, 4.69) is 36.4 Å². The minimum absolute atomic E-state index is 0.0131. The zero-order valence-corrected chi connectivity index (χ0v) is 26.9. The van der Waals surface area contributed by atoms with Crippen LogP contribution in [-0.2, 0) is 22.3 Å². The Bertz CT molecular complexity index is 1910. The lowest BCUT2D eigenvalue weighted by molar-refractivity contribution is 0.0770. The molecule has 2 N–H and O–H groups in total. The van der Waals surface area contributed by atoms with Crippen LogP contribution in [0.2, 0.25) is 0 Å². The van der Waals surface area contributed by atoms with Gasteiger partial charge in [-0.05, 0) is 65.9 Å². The van der Waals surface area contributed by atoms with Crippen molar-refractivity contribution in [1.29, 1.82) is 0 Å². The van der Waals surface area contributed by atoms with Crippen LogP contribution >= 0.6 is 0 Å². The lowest BCUT2D eigenvalue weighted by atomic mass is 9.86. The summed E-state index contributed by atoms with van der Waals surface area (Å²) < 4.78 is 24.9. The molecule has 0 atom stereocenters. The van der Waals surface area contributed by atoms with Gasteiger partial charge in [-0.15, -0.1) is 0 Å². The number of nitrogens with one attached hydrogen (secondary N) is 2. The molecule has 1 aromatic heterocycles. The number of anilines is 3. The molecule has 10 nitrogen and oxygen atoms in total. The number of amides is 2. The second-order valence-corrected chi connectivity index (χ2v) is 14.6. The Kier molecular flexibility index (Phi) is 8.66. The van der Waals surface area contributed by atoms with Crippen LogP contribution in [0.4, 0.5) is 17.2 Å². The first-order chi connectivity index (χ1) is 21.2. The van der Waals surface area contributed by atoms with Crippen molar-refractivity contribution in [2.75, 3.05) is 35.2 Å². The summed E-state index contributed by atoms with van der Waals surface area (Å²) >= 11 is 0. The number of hydrogen-bond acceptors (Lipinski definition) is 7. The van der Waals surface area contributed by atoms with Gasteiger partial charge in [-0.2, -0.15) is 0 Å². The summed E-state index contributed by atoms with van der Waals surface area (Å²) in [6.45, 7) is 8.60. The SMILES string of the molecule is Cc1c(NC(=O)c2ccc(C(C)(C)C)cc2)cccc1-c1cn(C)c(=O)c(Nc2ccc(C(=O)N3CCS(=O)(=O)CC3)cc2)n1. The van der Waals surface area contributed by atoms with Crippen LogP contribution < -0.4 is 16.2 Å². The Morgan fingerprint density at radius 2 is 1.51 bits per heavy atom. The summed E-state index contributed by atoms with van der Waals surface area (Å²) in [5, 5.41) is 6.07. The van der Waals surface area contributed by atoms with Gasteiger partial charge in [-0.3, -0.25) is 14.4 Å². The molecule has 0 bridgehead atoms. The molecule has 1 aliphatic heterocycles. The molecule has 234 valence electrons. The molecule has 1 saturated heterocycles. The molecule has 1 fully saturated rings. The van der Waals surface area contributed by atoms with Gasteiger partial charge in [-0.1, -0.05) is 45.0 Å². The van der Waals surface area contributed by atoms with Gasteiger partial charge in [0, 0.05) is 54.4 Å². The number of benzene rings is 3. The van der Waals surface area contributed by atoms with Gasteiger partial charge in [0.1, 0.15) is 0 Å². The average molecular weight is 628 g/mol. The highest BCUT2D eigenvalue weighted by atomic mass is 32.2. The fourth-order valence-corrected chi connectivity index (χ4v) is 6.31. The third-order valence-corrected chi connectivity index (χ3v) is 9.58. The molecular formula is C34H37N5O5S. The van der Waals surface area contributed by atoms with Crippen LogP contribution in [0, 0.1) is 6.92 Å². The third kappa shape index (κ3) is 7.15. The van der Waals surface area contributed by atoms with E-state index in [4.69, 9.17) is 0 Å². The van der Waals surface area contributed by atoms with Crippen molar-refractivity contribution >= 4 is 38.8 Å². The van der Waals surface area contributed by atoms with Crippen LogP contribution in [0.5, 0.6) is 0 Å². The summed E-state index contributed by atoms with van der Waals surface area (Å²) in [5.74, 6) is -0.438. The second-order valence-electron chi connectivity index (χ2n) is 12.3. The number of nitrogens with zero attached hydrogens (tertiary/aromatic N) is 3. The molecule has 0 saturated carbocycles. The number of rotatable bonds is 6. The zero-order valence-electron chi connectivity index (χ0n) is 26.0. The minimum atomic E-state index is -3.09. The van der Waals surface area contributed by atoms with Crippen LogP contribution in [-0.4, -0.2) is 59.3 Å². The first kappa shape index (κ1) is 31.6. The molecular weight excluding hydrogens is 590 g/mol. The zero-order chi connectivity index (χ0) is 32.5. The van der Waals surface area contributed by atoms with E-state index in [1.54, 1.807) is 37.5 Å². The van der Waals surface area contributed by atoms with Gasteiger partial charge in [-0.25, -0.2) is 13.4 Å². The summed E-state index contributed by atoms with van der Waals surface area (Å²) in [5.41, 5.74) is 5.04. The largest absolute Gasteiger partial charge is 0.337 e. The molecule has 0 aliphatic carbocycles. The highest BCUT2D eigenvalue weighted by Crippen LogP contribution is 2.29. The fraction of sp³-hybridized carbons (Fsp3) is 0.294. The monoisotopic (exact) mass is 627 g/mol. The third-order valence-electron chi connectivity index (χ3n) is 7.97. The standard InChI is InChI=1S/C34H37N5O5S/c1-22-27(7-6-8-28(22)37-31(40)23-9-13-25(14-10-23)34(2,3)4)29-21-38(5)33(42)30(36-29)35-26-15-11-24(12-16-26)32(41)39-17-19-45(43,44)20-18-39/h6-16,21H,17-20H2,1-5H3,(H,35,36)(H,37,40). The Labute approximate surface area is 263 Å². The highest BCUT2D eigenvalue weighted by molar-refractivity contribution is 7.91. The Morgan fingerprint density at radius 3 is 2.13 bits per heavy atom. The smallest absolute Gasteiger partial charge is 0.293 e. The van der Waals surface area contributed by atoms with E-state index >= 15 is 0 Å². The van der Waals surface area contributed by atoms with Gasteiger partial charge in [0.25, 0.3) is 17.4 Å². The Hall–Kier alpha value is -4.77. The van der Waals surface area contributed by atoms with Crippen molar-refractivity contribution in [1.82, 2.24) is 14.5 Å². The Morgan fingerprint density at radius 1 is 0.889 bits per heavy atom.